The standard InChI is InChI=1S/C13H21N3O/c1-3-12-10-16(6-7-17-12)13-4-5-15-9-11(13)8-14-2/h4-5,9,12,14H,3,6-8,10H2,1-2H3. The lowest BCUT2D eigenvalue weighted by Gasteiger charge is -2.35. The van der Waals surface area contributed by atoms with Gasteiger partial charge in [0, 0.05) is 43.3 Å². The van der Waals surface area contributed by atoms with Crippen LogP contribution < -0.4 is 10.2 Å². The van der Waals surface area contributed by atoms with Gasteiger partial charge in [-0.2, -0.15) is 0 Å². The quantitative estimate of drug-likeness (QED) is 0.856. The van der Waals surface area contributed by atoms with Gasteiger partial charge in [0.25, 0.3) is 0 Å². The van der Waals surface area contributed by atoms with Crippen LogP contribution in [0.3, 0.4) is 0 Å². The number of ether oxygens (including phenoxy) is 1. The highest BCUT2D eigenvalue weighted by molar-refractivity contribution is 5.52. The molecule has 1 fully saturated rings. The number of aromatic nitrogens is 1. The van der Waals surface area contributed by atoms with Crippen LogP contribution in [0.15, 0.2) is 18.5 Å². The predicted octanol–water partition coefficient (Wildman–Crippen LogP) is 1.42. The summed E-state index contributed by atoms with van der Waals surface area (Å²) >= 11 is 0. The van der Waals surface area contributed by atoms with E-state index in [-0.39, 0.29) is 0 Å². The summed E-state index contributed by atoms with van der Waals surface area (Å²) in [4.78, 5) is 6.61. The van der Waals surface area contributed by atoms with Crippen LogP contribution in [0, 0.1) is 0 Å². The van der Waals surface area contributed by atoms with Crippen molar-refractivity contribution in [1.29, 1.82) is 0 Å². The van der Waals surface area contributed by atoms with Crippen molar-refractivity contribution in [2.45, 2.75) is 26.0 Å². The number of hydrogen-bond acceptors (Lipinski definition) is 4. The predicted molar refractivity (Wildman–Crippen MR) is 69.2 cm³/mol. The molecule has 1 aromatic rings. The van der Waals surface area contributed by atoms with E-state index in [9.17, 15) is 0 Å². The van der Waals surface area contributed by atoms with Gasteiger partial charge in [-0.1, -0.05) is 6.92 Å². The summed E-state index contributed by atoms with van der Waals surface area (Å²) in [6, 6.07) is 2.10. The van der Waals surface area contributed by atoms with Crippen molar-refractivity contribution in [1.82, 2.24) is 10.3 Å². The minimum Gasteiger partial charge on any atom is -0.375 e. The number of morpholine rings is 1. The van der Waals surface area contributed by atoms with Gasteiger partial charge in [-0.25, -0.2) is 0 Å². The average Bonchev–Trinajstić information content (AvgIpc) is 2.40. The Morgan fingerprint density at radius 1 is 1.59 bits per heavy atom. The molecule has 2 rings (SSSR count). The molecule has 17 heavy (non-hydrogen) atoms. The molecule has 1 saturated heterocycles. The first-order valence-corrected chi connectivity index (χ1v) is 6.29. The molecule has 0 amide bonds. The third-order valence-corrected chi connectivity index (χ3v) is 3.18. The van der Waals surface area contributed by atoms with Gasteiger partial charge in [-0.05, 0) is 19.5 Å². The molecule has 1 atom stereocenters. The third-order valence-electron chi connectivity index (χ3n) is 3.18. The lowest BCUT2D eigenvalue weighted by atomic mass is 10.1. The Kier molecular flexibility index (Phi) is 4.34. The van der Waals surface area contributed by atoms with Crippen LogP contribution in [-0.4, -0.2) is 37.8 Å². The van der Waals surface area contributed by atoms with Gasteiger partial charge in [0.05, 0.1) is 12.7 Å². The number of nitrogens with zero attached hydrogens (tertiary/aromatic N) is 2. The molecular formula is C13H21N3O. The summed E-state index contributed by atoms with van der Waals surface area (Å²) in [6.07, 6.45) is 5.25. The highest BCUT2D eigenvalue weighted by Crippen LogP contribution is 2.22. The van der Waals surface area contributed by atoms with E-state index in [2.05, 4.69) is 28.2 Å². The molecule has 1 aromatic heterocycles. The molecule has 4 heteroatoms. The van der Waals surface area contributed by atoms with Crippen molar-refractivity contribution in [2.24, 2.45) is 0 Å². The summed E-state index contributed by atoms with van der Waals surface area (Å²) in [5, 5.41) is 3.19. The molecule has 0 bridgehead atoms. The van der Waals surface area contributed by atoms with E-state index in [1.165, 1.54) is 11.3 Å². The summed E-state index contributed by atoms with van der Waals surface area (Å²) in [6.45, 7) is 5.81. The van der Waals surface area contributed by atoms with Gasteiger partial charge in [0.1, 0.15) is 0 Å². The lowest BCUT2D eigenvalue weighted by Crippen LogP contribution is -2.42. The maximum atomic E-state index is 5.71. The van der Waals surface area contributed by atoms with Crippen molar-refractivity contribution in [3.05, 3.63) is 24.0 Å². The molecule has 1 aliphatic rings. The highest BCUT2D eigenvalue weighted by Gasteiger charge is 2.20. The van der Waals surface area contributed by atoms with Crippen LogP contribution in [0.5, 0.6) is 0 Å². The fourth-order valence-electron chi connectivity index (χ4n) is 2.24. The first-order chi connectivity index (χ1) is 8.35. The topological polar surface area (TPSA) is 37.4 Å². The first-order valence-electron chi connectivity index (χ1n) is 6.29. The molecule has 0 radical (unpaired) electrons. The minimum absolute atomic E-state index is 0.361. The first kappa shape index (κ1) is 12.3. The van der Waals surface area contributed by atoms with Crippen molar-refractivity contribution >= 4 is 5.69 Å². The van der Waals surface area contributed by atoms with Crippen LogP contribution in [0.4, 0.5) is 5.69 Å². The van der Waals surface area contributed by atoms with Gasteiger partial charge in [0.2, 0.25) is 0 Å². The normalized spacial score (nSPS) is 20.6. The second-order valence-electron chi connectivity index (χ2n) is 4.38. The van der Waals surface area contributed by atoms with E-state index in [1.807, 2.05) is 19.4 Å². The summed E-state index contributed by atoms with van der Waals surface area (Å²) in [7, 11) is 1.96. The van der Waals surface area contributed by atoms with Gasteiger partial charge >= 0.3 is 0 Å². The number of nitrogens with one attached hydrogen (secondary N) is 1. The fraction of sp³-hybridized carbons (Fsp3) is 0.615. The number of rotatable bonds is 4. The average molecular weight is 235 g/mol. The second-order valence-corrected chi connectivity index (χ2v) is 4.38. The molecule has 1 aliphatic heterocycles. The zero-order chi connectivity index (χ0) is 12.1. The molecule has 2 heterocycles. The van der Waals surface area contributed by atoms with E-state index in [0.717, 1.165) is 32.7 Å². The maximum Gasteiger partial charge on any atom is 0.0748 e. The van der Waals surface area contributed by atoms with E-state index >= 15 is 0 Å². The summed E-state index contributed by atoms with van der Waals surface area (Å²) in [5.41, 5.74) is 2.54. The van der Waals surface area contributed by atoms with Gasteiger partial charge in [0.15, 0.2) is 0 Å². The fourth-order valence-corrected chi connectivity index (χ4v) is 2.24. The zero-order valence-electron chi connectivity index (χ0n) is 10.6. The van der Waals surface area contributed by atoms with E-state index in [0.29, 0.717) is 6.10 Å². The van der Waals surface area contributed by atoms with Gasteiger partial charge in [-0.15, -0.1) is 0 Å². The van der Waals surface area contributed by atoms with Crippen molar-refractivity contribution in [3.63, 3.8) is 0 Å². The maximum absolute atomic E-state index is 5.71. The molecule has 94 valence electrons. The molecule has 0 aliphatic carbocycles. The van der Waals surface area contributed by atoms with Crippen LogP contribution in [0.25, 0.3) is 0 Å². The molecule has 0 aromatic carbocycles. The largest absolute Gasteiger partial charge is 0.375 e. The Balaban J connectivity index is 2.15. The number of anilines is 1. The molecule has 1 unspecified atom stereocenters. The Morgan fingerprint density at radius 3 is 3.24 bits per heavy atom. The minimum atomic E-state index is 0.361. The van der Waals surface area contributed by atoms with Crippen LogP contribution >= 0.6 is 0 Å². The Morgan fingerprint density at radius 2 is 2.47 bits per heavy atom. The van der Waals surface area contributed by atoms with Gasteiger partial charge in [-0.3, -0.25) is 4.98 Å². The molecule has 0 spiro atoms. The number of pyridine rings is 1. The SMILES string of the molecule is CCC1CN(c2ccncc2CNC)CCO1. The third kappa shape index (κ3) is 2.96. The van der Waals surface area contributed by atoms with Crippen molar-refractivity contribution < 1.29 is 4.74 Å². The van der Waals surface area contributed by atoms with Crippen LogP contribution in [-0.2, 0) is 11.3 Å². The van der Waals surface area contributed by atoms with Crippen LogP contribution in [0.2, 0.25) is 0 Å². The highest BCUT2D eigenvalue weighted by atomic mass is 16.5. The molecular weight excluding hydrogens is 214 g/mol. The Labute approximate surface area is 103 Å². The van der Waals surface area contributed by atoms with E-state index in [4.69, 9.17) is 4.74 Å². The Hall–Kier alpha value is -1.13. The number of hydrogen-bond donors (Lipinski definition) is 1. The van der Waals surface area contributed by atoms with E-state index < -0.39 is 0 Å². The molecule has 1 N–H and O–H groups in total. The van der Waals surface area contributed by atoms with Crippen molar-refractivity contribution in [2.75, 3.05) is 31.6 Å². The lowest BCUT2D eigenvalue weighted by molar-refractivity contribution is 0.0384. The summed E-state index contributed by atoms with van der Waals surface area (Å²) in [5.74, 6) is 0. The van der Waals surface area contributed by atoms with Crippen LogP contribution in [0.1, 0.15) is 18.9 Å². The smallest absolute Gasteiger partial charge is 0.0748 e. The molecule has 4 nitrogen and oxygen atoms in total. The van der Waals surface area contributed by atoms with Gasteiger partial charge < -0.3 is 15.0 Å². The zero-order valence-corrected chi connectivity index (χ0v) is 10.6. The van der Waals surface area contributed by atoms with Crippen molar-refractivity contribution in [3.8, 4) is 0 Å². The monoisotopic (exact) mass is 235 g/mol. The van der Waals surface area contributed by atoms with E-state index in [1.54, 1.807) is 0 Å². The summed E-state index contributed by atoms with van der Waals surface area (Å²) < 4.78 is 5.71. The Bertz CT molecular complexity index is 356. The second kappa shape index (κ2) is 5.98. The molecule has 0 saturated carbocycles.